The fourth-order valence-corrected chi connectivity index (χ4v) is 6.02. The van der Waals surface area contributed by atoms with Gasteiger partial charge in [0, 0.05) is 28.2 Å². The molecule has 1 aliphatic rings. The van der Waals surface area contributed by atoms with Crippen molar-refractivity contribution in [2.24, 2.45) is 0 Å². The minimum absolute atomic E-state index is 0.199. The van der Waals surface area contributed by atoms with Crippen molar-refractivity contribution in [3.63, 3.8) is 0 Å². The van der Waals surface area contributed by atoms with Gasteiger partial charge in [-0.05, 0) is 49.2 Å². The molecule has 1 atom stereocenters. The van der Waals surface area contributed by atoms with E-state index in [1.165, 1.54) is 4.31 Å². The lowest BCUT2D eigenvalue weighted by Crippen LogP contribution is -2.38. The van der Waals surface area contributed by atoms with Crippen molar-refractivity contribution in [1.82, 2.24) is 19.4 Å². The number of fused-ring (bicyclic) bond motifs is 1. The number of sulfonamides is 1. The van der Waals surface area contributed by atoms with Gasteiger partial charge in [0.05, 0.1) is 5.52 Å². The van der Waals surface area contributed by atoms with Gasteiger partial charge in [0.25, 0.3) is 0 Å². The standard InChI is InChI=1S/C22H19BrN4O3S/c23-17-11-9-16(10-12-17)21-25-22(30-26-21)18-7-1-2-14-27(18)31(28,29)19-8-3-5-15-6-4-13-24-20(15)19/h3-6,8-13,18H,1-2,7,14H2. The molecule has 1 saturated heterocycles. The Morgan fingerprint density at radius 1 is 1.03 bits per heavy atom. The maximum atomic E-state index is 13.7. The van der Waals surface area contributed by atoms with Gasteiger partial charge in [-0.1, -0.05) is 45.7 Å². The summed E-state index contributed by atoms with van der Waals surface area (Å²) in [5.74, 6) is 0.756. The van der Waals surface area contributed by atoms with Crippen LogP contribution >= 0.6 is 15.9 Å². The fourth-order valence-electron chi connectivity index (χ4n) is 3.94. The van der Waals surface area contributed by atoms with Crippen LogP contribution in [0.3, 0.4) is 0 Å². The second kappa shape index (κ2) is 8.14. The number of halogens is 1. The van der Waals surface area contributed by atoms with Crippen molar-refractivity contribution in [3.8, 4) is 11.4 Å². The molecular formula is C22H19BrN4O3S. The first-order chi connectivity index (χ1) is 15.0. The quantitative estimate of drug-likeness (QED) is 0.394. The molecule has 9 heteroatoms. The third-order valence-electron chi connectivity index (χ3n) is 5.47. The molecule has 7 nitrogen and oxygen atoms in total. The third-order valence-corrected chi connectivity index (χ3v) is 7.93. The number of hydrogen-bond donors (Lipinski definition) is 0. The molecule has 2 aromatic heterocycles. The SMILES string of the molecule is O=S(=O)(c1cccc2cccnc12)N1CCCCC1c1nc(-c2ccc(Br)cc2)no1. The summed E-state index contributed by atoms with van der Waals surface area (Å²) in [6.07, 6.45) is 3.90. The highest BCUT2D eigenvalue weighted by atomic mass is 79.9. The van der Waals surface area contributed by atoms with E-state index in [2.05, 4.69) is 31.1 Å². The Balaban J connectivity index is 1.53. The van der Waals surface area contributed by atoms with Crippen LogP contribution in [0.2, 0.25) is 0 Å². The van der Waals surface area contributed by atoms with E-state index in [4.69, 9.17) is 4.52 Å². The van der Waals surface area contributed by atoms with Crippen LogP contribution in [-0.4, -0.2) is 34.4 Å². The molecule has 3 heterocycles. The molecule has 1 fully saturated rings. The number of aromatic nitrogens is 3. The van der Waals surface area contributed by atoms with Gasteiger partial charge in [-0.15, -0.1) is 0 Å². The van der Waals surface area contributed by atoms with E-state index >= 15 is 0 Å². The molecule has 0 N–H and O–H groups in total. The van der Waals surface area contributed by atoms with Crippen LogP contribution in [-0.2, 0) is 10.0 Å². The summed E-state index contributed by atoms with van der Waals surface area (Å²) in [7, 11) is -3.81. The first kappa shape index (κ1) is 20.3. The van der Waals surface area contributed by atoms with Gasteiger partial charge in [0.1, 0.15) is 10.9 Å². The second-order valence-corrected chi connectivity index (χ2v) is 10.2. The average Bonchev–Trinajstić information content (AvgIpc) is 3.29. The predicted molar refractivity (Wildman–Crippen MR) is 120 cm³/mol. The van der Waals surface area contributed by atoms with Gasteiger partial charge < -0.3 is 4.52 Å². The molecule has 158 valence electrons. The van der Waals surface area contributed by atoms with Gasteiger partial charge in [0.2, 0.25) is 21.7 Å². The van der Waals surface area contributed by atoms with E-state index in [-0.39, 0.29) is 4.90 Å². The van der Waals surface area contributed by atoms with Crippen molar-refractivity contribution in [3.05, 3.63) is 71.2 Å². The zero-order valence-corrected chi connectivity index (χ0v) is 18.9. The Hall–Kier alpha value is -2.62. The molecule has 5 rings (SSSR count). The van der Waals surface area contributed by atoms with Crippen LogP contribution in [0.15, 0.2) is 74.7 Å². The lowest BCUT2D eigenvalue weighted by Gasteiger charge is -2.32. The van der Waals surface area contributed by atoms with Crippen LogP contribution < -0.4 is 0 Å². The molecule has 0 spiro atoms. The highest BCUT2D eigenvalue weighted by Crippen LogP contribution is 2.36. The summed E-state index contributed by atoms with van der Waals surface area (Å²) in [4.78, 5) is 9.07. The van der Waals surface area contributed by atoms with Crippen LogP contribution in [0.4, 0.5) is 0 Å². The van der Waals surface area contributed by atoms with Crippen molar-refractivity contribution in [2.75, 3.05) is 6.54 Å². The first-order valence-corrected chi connectivity index (χ1v) is 12.2. The highest BCUT2D eigenvalue weighted by molar-refractivity contribution is 9.10. The number of nitrogens with zero attached hydrogens (tertiary/aromatic N) is 4. The Kier molecular flexibility index (Phi) is 5.33. The topological polar surface area (TPSA) is 89.2 Å². The van der Waals surface area contributed by atoms with Gasteiger partial charge in [-0.3, -0.25) is 4.98 Å². The Bertz CT molecular complexity index is 1330. The number of para-hydroxylation sites is 1. The molecule has 0 saturated carbocycles. The minimum Gasteiger partial charge on any atom is -0.337 e. The summed E-state index contributed by atoms with van der Waals surface area (Å²) in [6.45, 7) is 0.395. The van der Waals surface area contributed by atoms with E-state index in [1.807, 2.05) is 36.4 Å². The molecule has 2 aromatic carbocycles. The van der Waals surface area contributed by atoms with E-state index in [1.54, 1.807) is 24.4 Å². The number of rotatable bonds is 4. The lowest BCUT2D eigenvalue weighted by molar-refractivity contribution is 0.205. The molecule has 31 heavy (non-hydrogen) atoms. The van der Waals surface area contributed by atoms with E-state index < -0.39 is 16.1 Å². The Morgan fingerprint density at radius 3 is 2.68 bits per heavy atom. The van der Waals surface area contributed by atoms with Gasteiger partial charge in [-0.2, -0.15) is 9.29 Å². The Labute approximate surface area is 188 Å². The van der Waals surface area contributed by atoms with Crippen molar-refractivity contribution in [2.45, 2.75) is 30.2 Å². The third kappa shape index (κ3) is 3.77. The number of piperidine rings is 1. The summed E-state index contributed by atoms with van der Waals surface area (Å²) >= 11 is 3.41. The summed E-state index contributed by atoms with van der Waals surface area (Å²) in [6, 6.07) is 15.9. The molecule has 0 bridgehead atoms. The van der Waals surface area contributed by atoms with Crippen LogP contribution in [0, 0.1) is 0 Å². The highest BCUT2D eigenvalue weighted by Gasteiger charge is 2.38. The molecule has 1 unspecified atom stereocenters. The fraction of sp³-hybridized carbons (Fsp3) is 0.227. The molecular weight excluding hydrogens is 480 g/mol. The minimum atomic E-state index is -3.81. The van der Waals surface area contributed by atoms with Crippen molar-refractivity contribution >= 4 is 36.9 Å². The van der Waals surface area contributed by atoms with Crippen molar-refractivity contribution < 1.29 is 12.9 Å². The van der Waals surface area contributed by atoms with Gasteiger partial charge in [0.15, 0.2) is 0 Å². The van der Waals surface area contributed by atoms with Gasteiger partial charge in [-0.25, -0.2) is 8.42 Å². The van der Waals surface area contributed by atoms with E-state index in [0.29, 0.717) is 30.2 Å². The first-order valence-electron chi connectivity index (χ1n) is 9.99. The summed E-state index contributed by atoms with van der Waals surface area (Å²) in [5, 5.41) is 4.88. The van der Waals surface area contributed by atoms with Crippen molar-refractivity contribution in [1.29, 1.82) is 0 Å². The number of benzene rings is 2. The van der Waals surface area contributed by atoms with E-state index in [9.17, 15) is 8.42 Å². The Morgan fingerprint density at radius 2 is 1.84 bits per heavy atom. The average molecular weight is 499 g/mol. The maximum Gasteiger partial charge on any atom is 0.245 e. The normalized spacial score (nSPS) is 17.8. The van der Waals surface area contributed by atoms with Crippen LogP contribution in [0.25, 0.3) is 22.3 Å². The monoisotopic (exact) mass is 498 g/mol. The largest absolute Gasteiger partial charge is 0.337 e. The molecule has 0 amide bonds. The lowest BCUT2D eigenvalue weighted by atomic mass is 10.1. The molecule has 4 aromatic rings. The van der Waals surface area contributed by atoms with Gasteiger partial charge >= 0.3 is 0 Å². The van der Waals surface area contributed by atoms with Crippen LogP contribution in [0.5, 0.6) is 0 Å². The van der Waals surface area contributed by atoms with Crippen LogP contribution in [0.1, 0.15) is 31.2 Å². The van der Waals surface area contributed by atoms with E-state index in [0.717, 1.165) is 28.3 Å². The molecule has 1 aliphatic heterocycles. The zero-order chi connectivity index (χ0) is 21.4. The predicted octanol–water partition coefficient (Wildman–Crippen LogP) is 4.96. The summed E-state index contributed by atoms with van der Waals surface area (Å²) in [5.41, 5.74) is 1.28. The molecule has 0 aliphatic carbocycles. The summed E-state index contributed by atoms with van der Waals surface area (Å²) < 4.78 is 35.4. The number of pyridine rings is 1. The zero-order valence-electron chi connectivity index (χ0n) is 16.5. The second-order valence-electron chi connectivity index (χ2n) is 7.42. The smallest absolute Gasteiger partial charge is 0.245 e. The molecule has 0 radical (unpaired) electrons. The number of hydrogen-bond acceptors (Lipinski definition) is 6. The maximum absolute atomic E-state index is 13.7.